The molecule has 1 aromatic heterocycles. The molecule has 1 fully saturated rings. The highest BCUT2D eigenvalue weighted by molar-refractivity contribution is 6.31. The maximum atomic E-state index is 13.0. The van der Waals surface area contributed by atoms with Crippen LogP contribution in [0.4, 0.5) is 26.4 Å². The second kappa shape index (κ2) is 7.52. The maximum absolute atomic E-state index is 13.0. The number of nitrogen functional groups attached to an aromatic ring is 1. The zero-order valence-electron chi connectivity index (χ0n) is 15.0. The Balaban J connectivity index is 1.46. The number of nitrogens with zero attached hydrogens (tertiary/aromatic N) is 3. The summed E-state index contributed by atoms with van der Waals surface area (Å²) in [5.74, 6) is 0.0954. The molecule has 3 N–H and O–H groups in total. The molecule has 6 nitrogen and oxygen atoms in total. The molecular formula is C20H19ClFN5O. The largest absolute Gasteiger partial charge is 0.384 e. The van der Waals surface area contributed by atoms with Crippen molar-refractivity contribution in [1.82, 2.24) is 9.88 Å². The molecule has 0 saturated carbocycles. The molecule has 2 aromatic carbocycles. The Morgan fingerprint density at radius 1 is 1.07 bits per heavy atom. The fraction of sp³-hybridized carbons (Fsp3) is 0.200. The van der Waals surface area contributed by atoms with Gasteiger partial charge in [-0.3, -0.25) is 0 Å². The normalized spacial score (nSPS) is 14.4. The molecule has 1 saturated heterocycles. The molecule has 0 spiro atoms. The van der Waals surface area contributed by atoms with Gasteiger partial charge in [0.05, 0.1) is 5.52 Å². The van der Waals surface area contributed by atoms with Gasteiger partial charge in [0.25, 0.3) is 0 Å². The van der Waals surface area contributed by atoms with Crippen LogP contribution in [0.3, 0.4) is 0 Å². The molecule has 1 aliphatic heterocycles. The van der Waals surface area contributed by atoms with Crippen LogP contribution in [0.25, 0.3) is 10.9 Å². The summed E-state index contributed by atoms with van der Waals surface area (Å²) < 4.78 is 13.0. The number of amides is 2. The number of hydrogen-bond donors (Lipinski definition) is 2. The van der Waals surface area contributed by atoms with Gasteiger partial charge in [-0.05, 0) is 42.5 Å². The summed E-state index contributed by atoms with van der Waals surface area (Å²) in [4.78, 5) is 20.7. The Hall–Kier alpha value is -3.06. The molecule has 3 aromatic rings. The number of urea groups is 1. The molecule has 2 heterocycles. The van der Waals surface area contributed by atoms with Crippen LogP contribution in [-0.2, 0) is 0 Å². The highest BCUT2D eigenvalue weighted by Crippen LogP contribution is 2.30. The van der Waals surface area contributed by atoms with E-state index in [0.29, 0.717) is 42.7 Å². The van der Waals surface area contributed by atoms with Crippen LogP contribution in [0.2, 0.25) is 5.02 Å². The number of hydrogen-bond acceptors (Lipinski definition) is 4. The first kappa shape index (κ1) is 18.3. The Kier molecular flexibility index (Phi) is 4.92. The molecule has 8 heteroatoms. The first-order valence-corrected chi connectivity index (χ1v) is 9.29. The number of halogens is 2. The van der Waals surface area contributed by atoms with Crippen molar-refractivity contribution in [2.75, 3.05) is 42.1 Å². The standard InChI is InChI=1S/C20H19ClFN5O/c21-13-1-6-16-17(11-13)25-19(23)12-18(16)26-7-9-27(10-8-26)20(28)24-15-4-2-14(22)3-5-15/h1-6,11-12H,7-10H2,(H2,23,25)(H,24,28). The van der Waals surface area contributed by atoms with Crippen LogP contribution in [-0.4, -0.2) is 42.1 Å². The topological polar surface area (TPSA) is 74.5 Å². The Bertz CT molecular complexity index is 1010. The fourth-order valence-electron chi connectivity index (χ4n) is 3.35. The Morgan fingerprint density at radius 3 is 2.50 bits per heavy atom. The van der Waals surface area contributed by atoms with E-state index < -0.39 is 0 Å². The summed E-state index contributed by atoms with van der Waals surface area (Å²) in [6.45, 7) is 2.45. The van der Waals surface area contributed by atoms with Gasteiger partial charge in [0.15, 0.2) is 0 Å². The number of piperazine rings is 1. The zero-order valence-corrected chi connectivity index (χ0v) is 15.8. The van der Waals surface area contributed by atoms with E-state index in [1.165, 1.54) is 12.1 Å². The summed E-state index contributed by atoms with van der Waals surface area (Å²) >= 11 is 6.07. The van der Waals surface area contributed by atoms with Crippen LogP contribution in [0.15, 0.2) is 48.5 Å². The van der Waals surface area contributed by atoms with Crippen molar-refractivity contribution >= 4 is 45.7 Å². The zero-order chi connectivity index (χ0) is 19.7. The number of nitrogens with two attached hydrogens (primary N) is 1. The van der Waals surface area contributed by atoms with Crippen molar-refractivity contribution in [3.8, 4) is 0 Å². The quantitative estimate of drug-likeness (QED) is 0.684. The second-order valence-electron chi connectivity index (χ2n) is 6.64. The lowest BCUT2D eigenvalue weighted by Gasteiger charge is -2.36. The van der Waals surface area contributed by atoms with Gasteiger partial charge in [-0.15, -0.1) is 0 Å². The van der Waals surface area contributed by atoms with Gasteiger partial charge in [0.1, 0.15) is 11.6 Å². The molecule has 144 valence electrons. The third-order valence-corrected chi connectivity index (χ3v) is 5.01. The van der Waals surface area contributed by atoms with E-state index in [9.17, 15) is 9.18 Å². The molecule has 0 aliphatic carbocycles. The lowest BCUT2D eigenvalue weighted by Crippen LogP contribution is -2.50. The summed E-state index contributed by atoms with van der Waals surface area (Å²) in [5, 5.41) is 4.38. The lowest BCUT2D eigenvalue weighted by molar-refractivity contribution is 0.208. The van der Waals surface area contributed by atoms with E-state index in [1.807, 2.05) is 18.2 Å². The van der Waals surface area contributed by atoms with Gasteiger partial charge in [-0.1, -0.05) is 11.6 Å². The molecule has 0 radical (unpaired) electrons. The molecule has 28 heavy (non-hydrogen) atoms. The number of benzene rings is 2. The van der Waals surface area contributed by atoms with E-state index in [4.69, 9.17) is 17.3 Å². The molecule has 1 aliphatic rings. The van der Waals surface area contributed by atoms with Crippen LogP contribution < -0.4 is 16.0 Å². The summed E-state index contributed by atoms with van der Waals surface area (Å²) in [7, 11) is 0. The van der Waals surface area contributed by atoms with Gasteiger partial charge in [0.2, 0.25) is 0 Å². The lowest BCUT2D eigenvalue weighted by atomic mass is 10.1. The van der Waals surface area contributed by atoms with E-state index in [-0.39, 0.29) is 11.8 Å². The Labute approximate surface area is 166 Å². The average molecular weight is 400 g/mol. The molecule has 4 rings (SSSR count). The first-order valence-electron chi connectivity index (χ1n) is 8.92. The minimum absolute atomic E-state index is 0.197. The van der Waals surface area contributed by atoms with Crippen LogP contribution in [0.5, 0.6) is 0 Å². The summed E-state index contributed by atoms with van der Waals surface area (Å²) in [6.07, 6.45) is 0. The molecule has 2 amide bonds. The monoisotopic (exact) mass is 399 g/mol. The van der Waals surface area contributed by atoms with Crippen molar-refractivity contribution in [2.24, 2.45) is 0 Å². The van der Waals surface area contributed by atoms with Gasteiger partial charge in [-0.2, -0.15) is 0 Å². The van der Waals surface area contributed by atoms with E-state index in [2.05, 4.69) is 15.2 Å². The number of carbonyl (C=O) groups excluding carboxylic acids is 1. The highest BCUT2D eigenvalue weighted by Gasteiger charge is 2.23. The maximum Gasteiger partial charge on any atom is 0.321 e. The van der Waals surface area contributed by atoms with Crippen molar-refractivity contribution in [2.45, 2.75) is 0 Å². The summed E-state index contributed by atoms with van der Waals surface area (Å²) in [5.41, 5.74) is 8.27. The smallest absolute Gasteiger partial charge is 0.321 e. The average Bonchev–Trinajstić information content (AvgIpc) is 2.69. The number of pyridine rings is 1. The minimum atomic E-state index is -0.336. The third kappa shape index (κ3) is 3.80. The molecule has 0 bridgehead atoms. The van der Waals surface area contributed by atoms with E-state index >= 15 is 0 Å². The predicted octanol–water partition coefficient (Wildman–Crippen LogP) is 3.96. The number of fused-ring (bicyclic) bond motifs is 1. The van der Waals surface area contributed by atoms with Gasteiger partial charge in [0, 0.05) is 54.0 Å². The SMILES string of the molecule is Nc1cc(N2CCN(C(=O)Nc3ccc(F)cc3)CC2)c2ccc(Cl)cc2n1. The van der Waals surface area contributed by atoms with Crippen molar-refractivity contribution in [3.63, 3.8) is 0 Å². The number of rotatable bonds is 2. The Morgan fingerprint density at radius 2 is 1.79 bits per heavy atom. The van der Waals surface area contributed by atoms with Crippen molar-refractivity contribution in [3.05, 3.63) is 59.4 Å². The first-order chi connectivity index (χ1) is 13.5. The van der Waals surface area contributed by atoms with Gasteiger partial charge < -0.3 is 20.9 Å². The van der Waals surface area contributed by atoms with Crippen molar-refractivity contribution < 1.29 is 9.18 Å². The minimum Gasteiger partial charge on any atom is -0.384 e. The summed E-state index contributed by atoms with van der Waals surface area (Å²) in [6, 6.07) is 12.9. The predicted molar refractivity (Wildman–Crippen MR) is 110 cm³/mol. The second-order valence-corrected chi connectivity index (χ2v) is 7.08. The number of aromatic nitrogens is 1. The van der Waals surface area contributed by atoms with Crippen molar-refractivity contribution in [1.29, 1.82) is 0 Å². The molecular weight excluding hydrogens is 381 g/mol. The highest BCUT2D eigenvalue weighted by atomic mass is 35.5. The number of nitrogens with one attached hydrogen (secondary N) is 1. The molecule has 0 unspecified atom stereocenters. The van der Waals surface area contributed by atoms with Gasteiger partial charge >= 0.3 is 6.03 Å². The van der Waals surface area contributed by atoms with Crippen LogP contribution in [0.1, 0.15) is 0 Å². The van der Waals surface area contributed by atoms with Crippen LogP contribution >= 0.6 is 11.6 Å². The molecule has 0 atom stereocenters. The fourth-order valence-corrected chi connectivity index (χ4v) is 3.52. The number of carbonyl (C=O) groups is 1. The van der Waals surface area contributed by atoms with Gasteiger partial charge in [-0.25, -0.2) is 14.2 Å². The van der Waals surface area contributed by atoms with Crippen LogP contribution in [0, 0.1) is 5.82 Å². The van der Waals surface area contributed by atoms with E-state index in [0.717, 1.165) is 16.6 Å². The third-order valence-electron chi connectivity index (χ3n) is 4.77. The number of anilines is 3. The van der Waals surface area contributed by atoms with E-state index in [1.54, 1.807) is 23.1 Å².